The van der Waals surface area contributed by atoms with Crippen LogP contribution >= 0.6 is 0 Å². The molecule has 1 aromatic heterocycles. The molecule has 1 N–H and O–H groups in total. The smallest absolute Gasteiger partial charge is 0.410 e. The zero-order valence-corrected chi connectivity index (χ0v) is 21.5. The molecule has 1 saturated heterocycles. The number of aryl methyl sites for hydroxylation is 1. The third-order valence-electron chi connectivity index (χ3n) is 6.82. The Hall–Kier alpha value is -3.32. The molecule has 1 aliphatic rings. The number of anilines is 1. The Morgan fingerprint density at radius 3 is 2.56 bits per heavy atom. The molecule has 3 aromatic rings. The van der Waals surface area contributed by atoms with E-state index in [0.29, 0.717) is 6.61 Å². The highest BCUT2D eigenvalue weighted by Gasteiger charge is 2.21. The van der Waals surface area contributed by atoms with Gasteiger partial charge >= 0.3 is 6.09 Å². The molecule has 1 amide bonds. The van der Waals surface area contributed by atoms with E-state index in [9.17, 15) is 4.79 Å². The molecule has 2 heterocycles. The van der Waals surface area contributed by atoms with Crippen LogP contribution in [-0.2, 0) is 11.3 Å². The van der Waals surface area contributed by atoms with E-state index >= 15 is 0 Å². The van der Waals surface area contributed by atoms with E-state index in [0.717, 1.165) is 73.6 Å². The zero-order valence-electron chi connectivity index (χ0n) is 21.5. The SMILES string of the molecule is COc1cc(NCCCCCCN2CCN(C(=O)OCc3ccccc3)CC2)c2nccc(C)c2c1. The van der Waals surface area contributed by atoms with Crippen molar-refractivity contribution in [3.63, 3.8) is 0 Å². The van der Waals surface area contributed by atoms with Gasteiger partial charge in [0, 0.05) is 50.4 Å². The van der Waals surface area contributed by atoms with Crippen molar-refractivity contribution in [2.45, 2.75) is 39.2 Å². The normalized spacial score (nSPS) is 14.1. The first kappa shape index (κ1) is 25.8. The van der Waals surface area contributed by atoms with Gasteiger partial charge in [0.05, 0.1) is 18.3 Å². The van der Waals surface area contributed by atoms with E-state index in [4.69, 9.17) is 9.47 Å². The number of hydrogen-bond acceptors (Lipinski definition) is 6. The number of methoxy groups -OCH3 is 1. The van der Waals surface area contributed by atoms with Crippen LogP contribution in [0.4, 0.5) is 10.5 Å². The highest BCUT2D eigenvalue weighted by molar-refractivity contribution is 5.93. The van der Waals surface area contributed by atoms with Crippen molar-refractivity contribution in [3.05, 3.63) is 65.9 Å². The Morgan fingerprint density at radius 1 is 1.00 bits per heavy atom. The Kier molecular flexibility index (Phi) is 9.39. The maximum atomic E-state index is 12.3. The summed E-state index contributed by atoms with van der Waals surface area (Å²) in [5.74, 6) is 0.852. The fourth-order valence-electron chi connectivity index (χ4n) is 4.62. The largest absolute Gasteiger partial charge is 0.497 e. The van der Waals surface area contributed by atoms with Crippen LogP contribution in [0.25, 0.3) is 10.9 Å². The van der Waals surface area contributed by atoms with Gasteiger partial charge in [-0.05, 0) is 49.6 Å². The standard InChI is InChI=1S/C29H38N4O3/c1-23-12-14-31-28-26(23)20-25(35-2)21-27(28)30-13-8-3-4-9-15-32-16-18-33(19-17-32)29(34)36-22-24-10-6-5-7-11-24/h5-7,10-12,14,20-21,30H,3-4,8-9,13,15-19,22H2,1-2H3. The number of unbranched alkanes of at least 4 members (excludes halogenated alkanes) is 3. The molecule has 0 spiro atoms. The number of amides is 1. The Bertz CT molecular complexity index is 1110. The Morgan fingerprint density at radius 2 is 1.78 bits per heavy atom. The summed E-state index contributed by atoms with van der Waals surface area (Å²) >= 11 is 0. The lowest BCUT2D eigenvalue weighted by Gasteiger charge is -2.34. The predicted molar refractivity (Wildman–Crippen MR) is 145 cm³/mol. The van der Waals surface area contributed by atoms with Gasteiger partial charge in [-0.2, -0.15) is 0 Å². The average molecular weight is 491 g/mol. The first-order valence-corrected chi connectivity index (χ1v) is 13.0. The van der Waals surface area contributed by atoms with E-state index in [2.05, 4.69) is 28.2 Å². The van der Waals surface area contributed by atoms with Crippen molar-refractivity contribution in [1.82, 2.24) is 14.8 Å². The lowest BCUT2D eigenvalue weighted by molar-refractivity contribution is 0.0713. The fourth-order valence-corrected chi connectivity index (χ4v) is 4.62. The van der Waals surface area contributed by atoms with E-state index in [1.807, 2.05) is 53.6 Å². The third kappa shape index (κ3) is 7.10. The highest BCUT2D eigenvalue weighted by Crippen LogP contribution is 2.29. The molecule has 4 rings (SSSR count). The second kappa shape index (κ2) is 13.1. The molecular weight excluding hydrogens is 452 g/mol. The quantitative estimate of drug-likeness (QED) is 0.359. The zero-order chi connectivity index (χ0) is 25.2. The van der Waals surface area contributed by atoms with E-state index in [1.54, 1.807) is 7.11 Å². The first-order valence-electron chi connectivity index (χ1n) is 13.0. The summed E-state index contributed by atoms with van der Waals surface area (Å²) in [6, 6.07) is 15.9. The maximum Gasteiger partial charge on any atom is 0.410 e. The van der Waals surface area contributed by atoms with Gasteiger partial charge in [-0.1, -0.05) is 43.2 Å². The number of rotatable bonds is 11. The summed E-state index contributed by atoms with van der Waals surface area (Å²) in [5.41, 5.74) is 4.25. The average Bonchev–Trinajstić information content (AvgIpc) is 2.92. The molecule has 7 heteroatoms. The third-order valence-corrected chi connectivity index (χ3v) is 6.82. The highest BCUT2D eigenvalue weighted by atomic mass is 16.6. The van der Waals surface area contributed by atoms with Crippen LogP contribution in [0.15, 0.2) is 54.7 Å². The molecule has 36 heavy (non-hydrogen) atoms. The summed E-state index contributed by atoms with van der Waals surface area (Å²) < 4.78 is 10.9. The molecule has 2 aromatic carbocycles. The number of aromatic nitrogens is 1. The summed E-state index contributed by atoms with van der Waals surface area (Å²) in [6.45, 7) is 7.74. The number of piperazine rings is 1. The Balaban J connectivity index is 1.09. The van der Waals surface area contributed by atoms with Gasteiger partial charge in [-0.25, -0.2) is 4.79 Å². The van der Waals surface area contributed by atoms with Crippen molar-refractivity contribution in [1.29, 1.82) is 0 Å². The number of fused-ring (bicyclic) bond motifs is 1. The monoisotopic (exact) mass is 490 g/mol. The number of ether oxygens (including phenoxy) is 2. The van der Waals surface area contributed by atoms with E-state index in [1.165, 1.54) is 24.8 Å². The molecule has 0 unspecified atom stereocenters. The van der Waals surface area contributed by atoms with Gasteiger partial charge in [0.1, 0.15) is 12.4 Å². The molecule has 7 nitrogen and oxygen atoms in total. The number of nitrogens with one attached hydrogen (secondary N) is 1. The molecule has 0 radical (unpaired) electrons. The van der Waals surface area contributed by atoms with Gasteiger partial charge < -0.3 is 19.7 Å². The van der Waals surface area contributed by atoms with Gasteiger partial charge in [-0.3, -0.25) is 9.88 Å². The number of carbonyl (C=O) groups is 1. The molecule has 0 saturated carbocycles. The van der Waals surface area contributed by atoms with Crippen molar-refractivity contribution in [2.24, 2.45) is 0 Å². The molecular formula is C29H38N4O3. The summed E-state index contributed by atoms with van der Waals surface area (Å²) in [4.78, 5) is 21.2. The van der Waals surface area contributed by atoms with Crippen LogP contribution in [0.3, 0.4) is 0 Å². The van der Waals surface area contributed by atoms with Gasteiger partial charge in [-0.15, -0.1) is 0 Å². The second-order valence-corrected chi connectivity index (χ2v) is 9.41. The lowest BCUT2D eigenvalue weighted by Crippen LogP contribution is -2.48. The van der Waals surface area contributed by atoms with Crippen LogP contribution in [0.1, 0.15) is 36.8 Å². The maximum absolute atomic E-state index is 12.3. The second-order valence-electron chi connectivity index (χ2n) is 9.41. The minimum atomic E-state index is -0.208. The molecule has 0 aliphatic carbocycles. The van der Waals surface area contributed by atoms with Crippen molar-refractivity contribution >= 4 is 22.7 Å². The van der Waals surface area contributed by atoms with E-state index < -0.39 is 0 Å². The van der Waals surface area contributed by atoms with Crippen LogP contribution < -0.4 is 10.1 Å². The van der Waals surface area contributed by atoms with Crippen LogP contribution in [0, 0.1) is 6.92 Å². The molecule has 0 atom stereocenters. The van der Waals surface area contributed by atoms with Crippen molar-refractivity contribution < 1.29 is 14.3 Å². The van der Waals surface area contributed by atoms with Gasteiger partial charge in [0.2, 0.25) is 0 Å². The number of pyridine rings is 1. The first-order chi connectivity index (χ1) is 17.6. The van der Waals surface area contributed by atoms with Crippen LogP contribution in [-0.4, -0.2) is 67.3 Å². The summed E-state index contributed by atoms with van der Waals surface area (Å²) in [5, 5.41) is 4.69. The molecule has 0 bridgehead atoms. The predicted octanol–water partition coefficient (Wildman–Crippen LogP) is 5.48. The number of nitrogens with zero attached hydrogens (tertiary/aromatic N) is 3. The number of benzene rings is 2. The fraction of sp³-hybridized carbons (Fsp3) is 0.448. The van der Waals surface area contributed by atoms with Crippen molar-refractivity contribution in [2.75, 3.05) is 51.7 Å². The minimum absolute atomic E-state index is 0.208. The van der Waals surface area contributed by atoms with Crippen molar-refractivity contribution in [3.8, 4) is 5.75 Å². The molecule has 1 aliphatic heterocycles. The van der Waals surface area contributed by atoms with Gasteiger partial charge in [0.25, 0.3) is 0 Å². The topological polar surface area (TPSA) is 66.9 Å². The van der Waals surface area contributed by atoms with E-state index in [-0.39, 0.29) is 6.09 Å². The van der Waals surface area contributed by atoms with Crippen LogP contribution in [0.5, 0.6) is 5.75 Å². The lowest BCUT2D eigenvalue weighted by atomic mass is 10.1. The molecule has 192 valence electrons. The number of hydrogen-bond donors (Lipinski definition) is 1. The minimum Gasteiger partial charge on any atom is -0.497 e. The summed E-state index contributed by atoms with van der Waals surface area (Å²) in [7, 11) is 1.70. The molecule has 1 fully saturated rings. The Labute approximate surface area is 214 Å². The van der Waals surface area contributed by atoms with Crippen LogP contribution in [0.2, 0.25) is 0 Å². The van der Waals surface area contributed by atoms with Gasteiger partial charge in [0.15, 0.2) is 0 Å². The number of carbonyl (C=O) groups excluding carboxylic acids is 1. The summed E-state index contributed by atoms with van der Waals surface area (Å²) in [6.07, 6.45) is 6.35.